The number of nitrogens with one attached hydrogen (secondary N) is 1. The highest BCUT2D eigenvalue weighted by Gasteiger charge is 2.35. The Hall–Kier alpha value is -4.14. The average Bonchev–Trinajstić information content (AvgIpc) is 3.55. The third kappa shape index (κ3) is 8.36. The monoisotopic (exact) mass is 657 g/mol. The molecule has 0 saturated heterocycles. The molecule has 0 heterocycles. The number of hydrogen-bond donors (Lipinski definition) is 1. The molecule has 1 saturated carbocycles. The molecule has 0 bridgehead atoms. The van der Waals surface area contributed by atoms with Gasteiger partial charge in [0.1, 0.15) is 12.6 Å². The minimum Gasteiger partial charge on any atom is -0.352 e. The maximum atomic E-state index is 14.6. The van der Waals surface area contributed by atoms with Crippen LogP contribution in [0.15, 0.2) is 108 Å². The second kappa shape index (κ2) is 15.0. The number of halogens is 1. The van der Waals surface area contributed by atoms with Gasteiger partial charge in [-0.3, -0.25) is 13.9 Å². The van der Waals surface area contributed by atoms with E-state index in [-0.39, 0.29) is 29.8 Å². The van der Waals surface area contributed by atoms with Gasteiger partial charge >= 0.3 is 0 Å². The van der Waals surface area contributed by atoms with E-state index in [1.165, 1.54) is 24.3 Å². The fraction of sp³-hybridized carbons (Fsp3) is 0.297. The molecule has 0 spiro atoms. The predicted octanol–water partition coefficient (Wildman–Crippen LogP) is 6.85. The van der Waals surface area contributed by atoms with Crippen LogP contribution in [-0.4, -0.2) is 43.8 Å². The molecule has 0 aliphatic heterocycles. The van der Waals surface area contributed by atoms with Crippen molar-refractivity contribution in [1.82, 2.24) is 10.2 Å². The highest BCUT2D eigenvalue weighted by Crippen LogP contribution is 2.27. The molecule has 5 rings (SSSR count). The second-order valence-electron chi connectivity index (χ2n) is 12.0. The lowest BCUT2D eigenvalue weighted by molar-refractivity contribution is -0.140. The second-order valence-corrected chi connectivity index (χ2v) is 14.3. The SMILES string of the molecule is Cc1cccc(CN(C(=O)CN(c2cccc(C)c2)S(=O)(=O)c2ccc(Cl)cc2)[C@H](Cc2ccccc2)C(=O)NC2CCCC2)c1. The van der Waals surface area contributed by atoms with Crippen molar-refractivity contribution in [3.8, 4) is 0 Å². The summed E-state index contributed by atoms with van der Waals surface area (Å²) < 4.78 is 29.5. The summed E-state index contributed by atoms with van der Waals surface area (Å²) >= 11 is 6.08. The summed E-state index contributed by atoms with van der Waals surface area (Å²) in [6.07, 6.45) is 4.18. The number of carbonyl (C=O) groups excluding carboxylic acids is 2. The molecule has 0 radical (unpaired) electrons. The Labute approximate surface area is 277 Å². The molecular weight excluding hydrogens is 618 g/mol. The molecule has 46 heavy (non-hydrogen) atoms. The third-order valence-corrected chi connectivity index (χ3v) is 10.4. The normalized spacial score (nSPS) is 14.1. The molecule has 4 aromatic carbocycles. The van der Waals surface area contributed by atoms with E-state index < -0.39 is 28.5 Å². The van der Waals surface area contributed by atoms with Crippen molar-refractivity contribution < 1.29 is 18.0 Å². The fourth-order valence-electron chi connectivity index (χ4n) is 5.97. The average molecular weight is 658 g/mol. The molecule has 4 aromatic rings. The first-order chi connectivity index (χ1) is 22.1. The van der Waals surface area contributed by atoms with Crippen LogP contribution < -0.4 is 9.62 Å². The molecule has 240 valence electrons. The van der Waals surface area contributed by atoms with Gasteiger partial charge in [0.25, 0.3) is 10.0 Å². The molecule has 9 heteroatoms. The minimum absolute atomic E-state index is 0.0104. The van der Waals surface area contributed by atoms with Crippen molar-refractivity contribution in [1.29, 1.82) is 0 Å². The van der Waals surface area contributed by atoms with E-state index in [4.69, 9.17) is 11.6 Å². The smallest absolute Gasteiger partial charge is 0.264 e. The highest BCUT2D eigenvalue weighted by atomic mass is 35.5. The fourth-order valence-corrected chi connectivity index (χ4v) is 7.51. The van der Waals surface area contributed by atoms with E-state index in [1.807, 2.05) is 74.5 Å². The zero-order chi connectivity index (χ0) is 32.7. The van der Waals surface area contributed by atoms with Gasteiger partial charge in [0, 0.05) is 24.0 Å². The van der Waals surface area contributed by atoms with Crippen LogP contribution in [0.1, 0.15) is 47.9 Å². The Bertz CT molecular complexity index is 1760. The van der Waals surface area contributed by atoms with E-state index in [0.29, 0.717) is 10.7 Å². The third-order valence-electron chi connectivity index (χ3n) is 8.38. The van der Waals surface area contributed by atoms with Gasteiger partial charge in [0.05, 0.1) is 10.6 Å². The molecule has 1 aliphatic carbocycles. The van der Waals surface area contributed by atoms with Crippen molar-refractivity contribution >= 4 is 39.1 Å². The number of hydrogen-bond acceptors (Lipinski definition) is 4. The summed E-state index contributed by atoms with van der Waals surface area (Å²) in [6.45, 7) is 3.48. The topological polar surface area (TPSA) is 86.8 Å². The number of amides is 2. The standard InChI is InChI=1S/C37H40ClN3O4S/c1-27-10-8-14-30(22-27)25-40(35(24-29-12-4-3-5-13-29)37(43)39-32-15-6-7-16-32)36(42)26-41(33-17-9-11-28(2)23-33)46(44,45)34-20-18-31(38)19-21-34/h3-5,8-14,17-23,32,35H,6-7,15-16,24-26H2,1-2H3,(H,39,43)/t35-/m1/s1. The lowest BCUT2D eigenvalue weighted by Crippen LogP contribution is -2.54. The summed E-state index contributed by atoms with van der Waals surface area (Å²) in [5, 5.41) is 3.61. The zero-order valence-electron chi connectivity index (χ0n) is 26.2. The first-order valence-corrected chi connectivity index (χ1v) is 17.5. The van der Waals surface area contributed by atoms with E-state index in [2.05, 4.69) is 5.32 Å². The van der Waals surface area contributed by atoms with Crippen LogP contribution in [0, 0.1) is 13.8 Å². The lowest BCUT2D eigenvalue weighted by atomic mass is 10.0. The van der Waals surface area contributed by atoms with Gasteiger partial charge in [-0.25, -0.2) is 8.42 Å². The van der Waals surface area contributed by atoms with Crippen molar-refractivity contribution in [2.75, 3.05) is 10.8 Å². The van der Waals surface area contributed by atoms with Gasteiger partial charge in [-0.2, -0.15) is 0 Å². The van der Waals surface area contributed by atoms with E-state index in [9.17, 15) is 18.0 Å². The van der Waals surface area contributed by atoms with Crippen LogP contribution in [0.2, 0.25) is 5.02 Å². The van der Waals surface area contributed by atoms with Crippen molar-refractivity contribution in [3.05, 3.63) is 130 Å². The van der Waals surface area contributed by atoms with Crippen LogP contribution in [0.5, 0.6) is 0 Å². The Morgan fingerprint density at radius 2 is 1.46 bits per heavy atom. The Morgan fingerprint density at radius 3 is 2.11 bits per heavy atom. The van der Waals surface area contributed by atoms with Crippen molar-refractivity contribution in [2.24, 2.45) is 0 Å². The molecule has 7 nitrogen and oxygen atoms in total. The predicted molar refractivity (Wildman–Crippen MR) is 183 cm³/mol. The molecule has 1 atom stereocenters. The number of anilines is 1. The van der Waals surface area contributed by atoms with Crippen LogP contribution in [0.4, 0.5) is 5.69 Å². The van der Waals surface area contributed by atoms with Gasteiger partial charge < -0.3 is 10.2 Å². The number of nitrogens with zero attached hydrogens (tertiary/aromatic N) is 2. The number of rotatable bonds is 12. The summed E-state index contributed by atoms with van der Waals surface area (Å²) in [5.74, 6) is -0.720. The largest absolute Gasteiger partial charge is 0.352 e. The number of sulfonamides is 1. The summed E-state index contributed by atoms with van der Waals surface area (Å²) in [6, 6.07) is 29.5. The molecule has 1 aliphatic rings. The first-order valence-electron chi connectivity index (χ1n) is 15.6. The van der Waals surface area contributed by atoms with Gasteiger partial charge in [-0.1, -0.05) is 96.7 Å². The highest BCUT2D eigenvalue weighted by molar-refractivity contribution is 7.92. The lowest BCUT2D eigenvalue weighted by Gasteiger charge is -2.34. The Morgan fingerprint density at radius 1 is 0.826 bits per heavy atom. The maximum Gasteiger partial charge on any atom is 0.264 e. The maximum absolute atomic E-state index is 14.6. The zero-order valence-corrected chi connectivity index (χ0v) is 27.8. The molecule has 0 unspecified atom stereocenters. The van der Waals surface area contributed by atoms with Crippen molar-refractivity contribution in [3.63, 3.8) is 0 Å². The van der Waals surface area contributed by atoms with Gasteiger partial charge in [0.2, 0.25) is 11.8 Å². The molecule has 1 fully saturated rings. The summed E-state index contributed by atoms with van der Waals surface area (Å²) in [5.41, 5.74) is 3.97. The van der Waals surface area contributed by atoms with Crippen LogP contribution in [0.25, 0.3) is 0 Å². The minimum atomic E-state index is -4.19. The number of benzene rings is 4. The quantitative estimate of drug-likeness (QED) is 0.181. The van der Waals surface area contributed by atoms with E-state index in [1.54, 1.807) is 23.1 Å². The molecule has 1 N–H and O–H groups in total. The summed E-state index contributed by atoms with van der Waals surface area (Å²) in [7, 11) is -4.19. The first kappa shape index (κ1) is 33.2. The molecule has 0 aromatic heterocycles. The Balaban J connectivity index is 1.57. The summed E-state index contributed by atoms with van der Waals surface area (Å²) in [4.78, 5) is 30.3. The van der Waals surface area contributed by atoms with Crippen molar-refractivity contribution in [2.45, 2.75) is 69.5 Å². The van der Waals surface area contributed by atoms with E-state index in [0.717, 1.165) is 52.2 Å². The van der Waals surface area contributed by atoms with Gasteiger partial charge in [-0.05, 0) is 79.8 Å². The molecule has 2 amide bonds. The van der Waals surface area contributed by atoms with Crippen LogP contribution >= 0.6 is 11.6 Å². The van der Waals surface area contributed by atoms with Crippen LogP contribution in [0.3, 0.4) is 0 Å². The van der Waals surface area contributed by atoms with Gasteiger partial charge in [0.15, 0.2) is 0 Å². The number of aryl methyl sites for hydroxylation is 2. The Kier molecular flexibility index (Phi) is 10.8. The molecular formula is C37H40ClN3O4S. The van der Waals surface area contributed by atoms with E-state index >= 15 is 0 Å². The number of carbonyl (C=O) groups is 2. The van der Waals surface area contributed by atoms with Crippen LogP contribution in [-0.2, 0) is 32.6 Å². The van der Waals surface area contributed by atoms with Gasteiger partial charge in [-0.15, -0.1) is 0 Å².